The Hall–Kier alpha value is -1.75. The van der Waals surface area contributed by atoms with Crippen molar-refractivity contribution in [3.05, 3.63) is 59.6 Å². The first-order valence-electron chi connectivity index (χ1n) is 6.49. The van der Waals surface area contributed by atoms with Crippen molar-refractivity contribution in [2.45, 2.75) is 13.0 Å². The maximum atomic E-state index is 5.86. The highest BCUT2D eigenvalue weighted by Gasteiger charge is 2.13. The predicted octanol–water partition coefficient (Wildman–Crippen LogP) is 4.31. The summed E-state index contributed by atoms with van der Waals surface area (Å²) in [4.78, 5) is 0. The summed E-state index contributed by atoms with van der Waals surface area (Å²) in [6, 6.07) is 18.5. The van der Waals surface area contributed by atoms with Crippen LogP contribution in [0.15, 0.2) is 54.6 Å². The molecular formula is C16H16ClN3S. The molecule has 108 valence electrons. The van der Waals surface area contributed by atoms with Crippen molar-refractivity contribution >= 4 is 23.7 Å². The molecule has 21 heavy (non-hydrogen) atoms. The van der Waals surface area contributed by atoms with Crippen LogP contribution in [0.2, 0.25) is 0 Å². The quantitative estimate of drug-likeness (QED) is 0.783. The third-order valence-electron chi connectivity index (χ3n) is 3.07. The summed E-state index contributed by atoms with van der Waals surface area (Å²) < 4.78 is 0. The topological polar surface area (TPSA) is 51.8 Å². The first-order valence-corrected chi connectivity index (χ1v) is 7.31. The molecule has 5 heteroatoms. The zero-order valence-electron chi connectivity index (χ0n) is 11.6. The summed E-state index contributed by atoms with van der Waals surface area (Å²) in [6.45, 7) is 1.92. The van der Waals surface area contributed by atoms with Crippen molar-refractivity contribution < 1.29 is 0 Å². The monoisotopic (exact) mass is 317 g/mol. The van der Waals surface area contributed by atoms with Crippen LogP contribution in [0.3, 0.4) is 0 Å². The summed E-state index contributed by atoms with van der Waals surface area (Å²) in [5.41, 5.74) is 9.31. The van der Waals surface area contributed by atoms with Gasteiger partial charge in [0, 0.05) is 5.56 Å². The molecule has 1 aromatic heterocycles. The van der Waals surface area contributed by atoms with Gasteiger partial charge in [-0.3, -0.25) is 0 Å². The third-order valence-corrected chi connectivity index (χ3v) is 4.23. The average Bonchev–Trinajstić information content (AvgIpc) is 2.98. The lowest BCUT2D eigenvalue weighted by molar-refractivity contribution is 0.786. The van der Waals surface area contributed by atoms with E-state index in [1.807, 2.05) is 37.3 Å². The lowest BCUT2D eigenvalue weighted by Crippen LogP contribution is -2.03. The highest BCUT2D eigenvalue weighted by atomic mass is 35.5. The second-order valence-electron chi connectivity index (χ2n) is 4.65. The van der Waals surface area contributed by atoms with Gasteiger partial charge >= 0.3 is 0 Å². The summed E-state index contributed by atoms with van der Waals surface area (Å²) in [5, 5.41) is 10.2. The van der Waals surface area contributed by atoms with E-state index in [2.05, 4.69) is 34.5 Å². The van der Waals surface area contributed by atoms with E-state index in [4.69, 9.17) is 5.73 Å². The fraction of sp³-hybridized carbons (Fsp3) is 0.125. The van der Waals surface area contributed by atoms with Gasteiger partial charge in [0.1, 0.15) is 10.0 Å². The van der Waals surface area contributed by atoms with Crippen LogP contribution in [-0.4, -0.2) is 10.2 Å². The van der Waals surface area contributed by atoms with E-state index in [0.29, 0.717) is 0 Å². The van der Waals surface area contributed by atoms with Crippen LogP contribution < -0.4 is 5.73 Å². The van der Waals surface area contributed by atoms with Crippen molar-refractivity contribution in [1.82, 2.24) is 10.2 Å². The normalized spacial score (nSPS) is 11.7. The van der Waals surface area contributed by atoms with Crippen molar-refractivity contribution in [3.63, 3.8) is 0 Å². The molecule has 1 atom stereocenters. The maximum Gasteiger partial charge on any atom is 0.148 e. The van der Waals surface area contributed by atoms with Crippen molar-refractivity contribution in [2.75, 3.05) is 0 Å². The molecule has 0 bridgehead atoms. The fourth-order valence-electron chi connectivity index (χ4n) is 2.07. The minimum atomic E-state index is -0.0786. The number of aromatic nitrogens is 2. The van der Waals surface area contributed by atoms with Crippen LogP contribution in [0, 0.1) is 0 Å². The van der Waals surface area contributed by atoms with Gasteiger partial charge in [0.2, 0.25) is 0 Å². The molecule has 1 unspecified atom stereocenters. The number of nitrogens with zero attached hydrogens (tertiary/aromatic N) is 2. The third kappa shape index (κ3) is 3.29. The summed E-state index contributed by atoms with van der Waals surface area (Å²) in [7, 11) is 0. The van der Waals surface area contributed by atoms with Crippen LogP contribution in [0.1, 0.15) is 18.0 Å². The van der Waals surface area contributed by atoms with Gasteiger partial charge in [-0.15, -0.1) is 22.6 Å². The lowest BCUT2D eigenvalue weighted by Gasteiger charge is -2.06. The summed E-state index contributed by atoms with van der Waals surface area (Å²) in [6.07, 6.45) is 0. The molecule has 0 aliphatic heterocycles. The average molecular weight is 318 g/mol. The van der Waals surface area contributed by atoms with E-state index in [9.17, 15) is 0 Å². The zero-order valence-corrected chi connectivity index (χ0v) is 13.2. The molecule has 3 aromatic rings. The van der Waals surface area contributed by atoms with Crippen molar-refractivity contribution in [2.24, 2.45) is 5.73 Å². The van der Waals surface area contributed by atoms with E-state index in [1.165, 1.54) is 11.1 Å². The maximum absolute atomic E-state index is 5.86. The van der Waals surface area contributed by atoms with E-state index in [1.54, 1.807) is 11.3 Å². The Morgan fingerprint density at radius 3 is 2.14 bits per heavy atom. The van der Waals surface area contributed by atoms with Crippen molar-refractivity contribution in [3.8, 4) is 21.7 Å². The van der Waals surface area contributed by atoms with Crippen LogP contribution in [0.5, 0.6) is 0 Å². The first kappa shape index (κ1) is 15.6. The first-order chi connectivity index (χ1) is 9.75. The molecule has 3 nitrogen and oxygen atoms in total. The molecule has 3 rings (SSSR count). The molecule has 0 aliphatic rings. The van der Waals surface area contributed by atoms with Crippen LogP contribution in [-0.2, 0) is 0 Å². The largest absolute Gasteiger partial charge is 0.322 e. The molecule has 0 saturated heterocycles. The molecule has 1 heterocycles. The molecule has 2 N–H and O–H groups in total. The smallest absolute Gasteiger partial charge is 0.148 e. The molecule has 0 aliphatic carbocycles. The molecule has 0 radical (unpaired) electrons. The number of nitrogens with two attached hydrogens (primary N) is 1. The minimum Gasteiger partial charge on any atom is -0.322 e. The van der Waals surface area contributed by atoms with Crippen LogP contribution in [0.4, 0.5) is 0 Å². The number of halogens is 1. The highest BCUT2D eigenvalue weighted by molar-refractivity contribution is 7.14. The van der Waals surface area contributed by atoms with Crippen LogP contribution in [0.25, 0.3) is 21.7 Å². The minimum absolute atomic E-state index is 0. The molecule has 2 aromatic carbocycles. The van der Waals surface area contributed by atoms with E-state index in [-0.39, 0.29) is 18.4 Å². The Morgan fingerprint density at radius 2 is 1.52 bits per heavy atom. The number of rotatable bonds is 3. The summed E-state index contributed by atoms with van der Waals surface area (Å²) in [5.74, 6) is 0. The predicted molar refractivity (Wildman–Crippen MR) is 90.6 cm³/mol. The summed E-state index contributed by atoms with van der Waals surface area (Å²) >= 11 is 1.56. The fourth-order valence-corrected chi connectivity index (χ4v) is 2.90. The van der Waals surface area contributed by atoms with E-state index in [0.717, 1.165) is 15.6 Å². The van der Waals surface area contributed by atoms with Gasteiger partial charge in [-0.25, -0.2) is 0 Å². The number of benzene rings is 2. The van der Waals surface area contributed by atoms with E-state index >= 15 is 0 Å². The van der Waals surface area contributed by atoms with Crippen molar-refractivity contribution in [1.29, 1.82) is 0 Å². The Morgan fingerprint density at radius 1 is 0.905 bits per heavy atom. The van der Waals surface area contributed by atoms with Gasteiger partial charge < -0.3 is 5.73 Å². The molecule has 0 spiro atoms. The molecule has 0 amide bonds. The number of hydrogen-bond donors (Lipinski definition) is 1. The Kier molecular flexibility index (Phi) is 5.07. The van der Waals surface area contributed by atoms with Gasteiger partial charge in [-0.05, 0) is 18.1 Å². The Bertz CT molecular complexity index is 710. The standard InChI is InChI=1S/C16H15N3S.ClH/c1-11(17)15-18-19-16(20-15)14-10-6-5-9-13(14)12-7-3-2-4-8-12;/h2-11H,17H2,1H3;1H. The van der Waals surface area contributed by atoms with Gasteiger partial charge in [0.25, 0.3) is 0 Å². The second-order valence-corrected chi connectivity index (χ2v) is 5.65. The Balaban J connectivity index is 0.00000161. The van der Waals surface area contributed by atoms with Gasteiger partial charge in [0.15, 0.2) is 0 Å². The van der Waals surface area contributed by atoms with Gasteiger partial charge in [-0.1, -0.05) is 65.9 Å². The second kappa shape index (κ2) is 6.80. The van der Waals surface area contributed by atoms with Gasteiger partial charge in [0.05, 0.1) is 6.04 Å². The van der Waals surface area contributed by atoms with Gasteiger partial charge in [-0.2, -0.15) is 0 Å². The molecule has 0 saturated carbocycles. The SMILES string of the molecule is CC(N)c1nnc(-c2ccccc2-c2ccccc2)s1.Cl. The molecule has 0 fully saturated rings. The van der Waals surface area contributed by atoms with Crippen LogP contribution >= 0.6 is 23.7 Å². The lowest BCUT2D eigenvalue weighted by atomic mass is 10.0. The Labute approximate surface area is 134 Å². The molecular weight excluding hydrogens is 302 g/mol. The highest BCUT2D eigenvalue weighted by Crippen LogP contribution is 2.34. The zero-order chi connectivity index (χ0) is 13.9. The van der Waals surface area contributed by atoms with E-state index < -0.39 is 0 Å². The number of hydrogen-bond acceptors (Lipinski definition) is 4.